The van der Waals surface area contributed by atoms with E-state index in [1.807, 2.05) is 31.2 Å². The minimum absolute atomic E-state index is 0.220. The number of carbonyl (C=O) groups excluding carboxylic acids is 1. The first-order valence-electron chi connectivity index (χ1n) is 4.82. The molecule has 2 N–H and O–H groups in total. The van der Waals surface area contributed by atoms with E-state index in [1.165, 1.54) is 11.8 Å². The Morgan fingerprint density at radius 1 is 1.60 bits per heavy atom. The fourth-order valence-electron chi connectivity index (χ4n) is 1.07. The fourth-order valence-corrected chi connectivity index (χ4v) is 1.93. The molecule has 1 aromatic carbocycles. The Morgan fingerprint density at radius 3 is 2.93 bits per heavy atom. The SMILES string of the molecule is CCOc1cccc(SC(C)C(N)=O)c1. The van der Waals surface area contributed by atoms with Crippen molar-refractivity contribution >= 4 is 17.7 Å². The number of thioether (sulfide) groups is 1. The molecule has 0 aliphatic carbocycles. The molecular weight excluding hydrogens is 210 g/mol. The average Bonchev–Trinajstić information content (AvgIpc) is 2.18. The third-order valence-corrected chi connectivity index (χ3v) is 2.94. The summed E-state index contributed by atoms with van der Waals surface area (Å²) in [5, 5.41) is -0.220. The molecule has 15 heavy (non-hydrogen) atoms. The van der Waals surface area contributed by atoms with Gasteiger partial charge in [-0.1, -0.05) is 6.07 Å². The highest BCUT2D eigenvalue weighted by atomic mass is 32.2. The standard InChI is InChI=1S/C11H15NO2S/c1-3-14-9-5-4-6-10(7-9)15-8(2)11(12)13/h4-8H,3H2,1-2H3,(H2,12,13). The van der Waals surface area contributed by atoms with Gasteiger partial charge in [-0.2, -0.15) is 0 Å². The summed E-state index contributed by atoms with van der Waals surface area (Å²) in [6.45, 7) is 4.37. The molecule has 4 heteroatoms. The van der Waals surface area contributed by atoms with Gasteiger partial charge in [0.1, 0.15) is 5.75 Å². The van der Waals surface area contributed by atoms with Crippen LogP contribution in [0.3, 0.4) is 0 Å². The van der Waals surface area contributed by atoms with E-state index in [0.717, 1.165) is 10.6 Å². The highest BCUT2D eigenvalue weighted by Gasteiger charge is 2.10. The van der Waals surface area contributed by atoms with Crippen molar-refractivity contribution in [3.8, 4) is 5.75 Å². The van der Waals surface area contributed by atoms with Crippen LogP contribution in [0, 0.1) is 0 Å². The van der Waals surface area contributed by atoms with Gasteiger partial charge < -0.3 is 10.5 Å². The molecule has 0 heterocycles. The number of primary amides is 1. The summed E-state index contributed by atoms with van der Waals surface area (Å²) in [6, 6.07) is 7.64. The van der Waals surface area contributed by atoms with Gasteiger partial charge in [-0.15, -0.1) is 11.8 Å². The van der Waals surface area contributed by atoms with E-state index in [-0.39, 0.29) is 11.2 Å². The molecule has 3 nitrogen and oxygen atoms in total. The lowest BCUT2D eigenvalue weighted by Crippen LogP contribution is -2.22. The summed E-state index contributed by atoms with van der Waals surface area (Å²) in [4.78, 5) is 11.9. The van der Waals surface area contributed by atoms with Crippen LogP contribution >= 0.6 is 11.8 Å². The van der Waals surface area contributed by atoms with Gasteiger partial charge in [0.25, 0.3) is 0 Å². The molecule has 0 saturated carbocycles. The predicted octanol–water partition coefficient (Wildman–Crippen LogP) is 2.05. The normalized spacial score (nSPS) is 12.1. The van der Waals surface area contributed by atoms with Crippen LogP contribution in [0.4, 0.5) is 0 Å². The lowest BCUT2D eigenvalue weighted by molar-refractivity contribution is -0.117. The Hall–Kier alpha value is -1.16. The van der Waals surface area contributed by atoms with Crippen LogP contribution in [0.1, 0.15) is 13.8 Å². The zero-order valence-corrected chi connectivity index (χ0v) is 9.71. The lowest BCUT2D eigenvalue weighted by Gasteiger charge is -2.08. The van der Waals surface area contributed by atoms with Gasteiger partial charge in [0.15, 0.2) is 0 Å². The van der Waals surface area contributed by atoms with Gasteiger partial charge >= 0.3 is 0 Å². The summed E-state index contributed by atoms with van der Waals surface area (Å²) in [6.07, 6.45) is 0. The summed E-state index contributed by atoms with van der Waals surface area (Å²) in [7, 11) is 0. The Kier molecular flexibility index (Phi) is 4.49. The second kappa shape index (κ2) is 5.66. The van der Waals surface area contributed by atoms with Crippen molar-refractivity contribution in [3.05, 3.63) is 24.3 Å². The third kappa shape index (κ3) is 3.83. The van der Waals surface area contributed by atoms with E-state index in [0.29, 0.717) is 6.61 Å². The van der Waals surface area contributed by atoms with Gasteiger partial charge in [-0.05, 0) is 32.0 Å². The molecule has 0 bridgehead atoms. The first kappa shape index (κ1) is 11.9. The van der Waals surface area contributed by atoms with Gasteiger partial charge in [-0.3, -0.25) is 4.79 Å². The molecule has 1 amide bonds. The van der Waals surface area contributed by atoms with E-state index in [1.54, 1.807) is 6.92 Å². The van der Waals surface area contributed by atoms with Crippen LogP contribution in [0.2, 0.25) is 0 Å². The maximum Gasteiger partial charge on any atom is 0.230 e. The summed E-state index contributed by atoms with van der Waals surface area (Å²) in [5.41, 5.74) is 5.19. The summed E-state index contributed by atoms with van der Waals surface area (Å²) >= 11 is 1.44. The number of carbonyl (C=O) groups is 1. The second-order valence-electron chi connectivity index (χ2n) is 3.07. The molecule has 1 aromatic rings. The summed E-state index contributed by atoms with van der Waals surface area (Å²) in [5.74, 6) is 0.515. The van der Waals surface area contributed by atoms with Crippen molar-refractivity contribution in [3.63, 3.8) is 0 Å². The van der Waals surface area contributed by atoms with E-state index in [2.05, 4.69) is 0 Å². The number of amides is 1. The van der Waals surface area contributed by atoms with Crippen molar-refractivity contribution in [1.82, 2.24) is 0 Å². The Bertz CT molecular complexity index is 341. The highest BCUT2D eigenvalue weighted by Crippen LogP contribution is 2.26. The minimum atomic E-state index is -0.304. The quantitative estimate of drug-likeness (QED) is 0.780. The van der Waals surface area contributed by atoms with E-state index in [4.69, 9.17) is 10.5 Å². The number of hydrogen-bond donors (Lipinski definition) is 1. The number of benzene rings is 1. The molecule has 0 aliphatic rings. The Morgan fingerprint density at radius 2 is 2.33 bits per heavy atom. The molecule has 0 aromatic heterocycles. The molecule has 0 fully saturated rings. The smallest absolute Gasteiger partial charge is 0.230 e. The van der Waals surface area contributed by atoms with E-state index < -0.39 is 0 Å². The van der Waals surface area contributed by atoms with Crippen LogP contribution in [0.25, 0.3) is 0 Å². The van der Waals surface area contributed by atoms with Crippen molar-refractivity contribution in [2.75, 3.05) is 6.61 Å². The van der Waals surface area contributed by atoms with Crippen LogP contribution in [-0.2, 0) is 4.79 Å². The maximum atomic E-state index is 10.9. The topological polar surface area (TPSA) is 52.3 Å². The number of nitrogens with two attached hydrogens (primary N) is 1. The van der Waals surface area contributed by atoms with Crippen molar-refractivity contribution in [1.29, 1.82) is 0 Å². The van der Waals surface area contributed by atoms with Crippen LogP contribution < -0.4 is 10.5 Å². The third-order valence-electron chi connectivity index (χ3n) is 1.83. The fraction of sp³-hybridized carbons (Fsp3) is 0.364. The molecule has 0 saturated heterocycles. The van der Waals surface area contributed by atoms with Gasteiger partial charge in [0, 0.05) is 4.90 Å². The zero-order chi connectivity index (χ0) is 11.3. The van der Waals surface area contributed by atoms with Crippen molar-refractivity contribution < 1.29 is 9.53 Å². The first-order valence-corrected chi connectivity index (χ1v) is 5.70. The second-order valence-corrected chi connectivity index (χ2v) is 4.48. The Balaban J connectivity index is 2.68. The van der Waals surface area contributed by atoms with Crippen LogP contribution in [-0.4, -0.2) is 17.8 Å². The minimum Gasteiger partial charge on any atom is -0.494 e. The van der Waals surface area contributed by atoms with Gasteiger partial charge in [-0.25, -0.2) is 0 Å². The number of ether oxygens (including phenoxy) is 1. The zero-order valence-electron chi connectivity index (χ0n) is 8.90. The van der Waals surface area contributed by atoms with Crippen LogP contribution in [0.15, 0.2) is 29.2 Å². The number of rotatable bonds is 5. The lowest BCUT2D eigenvalue weighted by atomic mass is 10.3. The van der Waals surface area contributed by atoms with Crippen LogP contribution in [0.5, 0.6) is 5.75 Å². The predicted molar refractivity (Wildman–Crippen MR) is 62.1 cm³/mol. The molecule has 1 unspecified atom stereocenters. The largest absolute Gasteiger partial charge is 0.494 e. The van der Waals surface area contributed by atoms with E-state index in [9.17, 15) is 4.79 Å². The van der Waals surface area contributed by atoms with Crippen molar-refractivity contribution in [2.24, 2.45) is 5.73 Å². The molecular formula is C11H15NO2S. The molecule has 1 atom stereocenters. The summed E-state index contributed by atoms with van der Waals surface area (Å²) < 4.78 is 5.36. The molecule has 0 radical (unpaired) electrons. The average molecular weight is 225 g/mol. The first-order chi connectivity index (χ1) is 7.13. The maximum absolute atomic E-state index is 10.9. The van der Waals surface area contributed by atoms with Gasteiger partial charge in [0.2, 0.25) is 5.91 Å². The van der Waals surface area contributed by atoms with Crippen molar-refractivity contribution in [2.45, 2.75) is 24.0 Å². The molecule has 0 aliphatic heterocycles. The molecule has 0 spiro atoms. The highest BCUT2D eigenvalue weighted by molar-refractivity contribution is 8.00. The monoisotopic (exact) mass is 225 g/mol. The number of hydrogen-bond acceptors (Lipinski definition) is 3. The Labute approximate surface area is 94.0 Å². The van der Waals surface area contributed by atoms with E-state index >= 15 is 0 Å². The van der Waals surface area contributed by atoms with Gasteiger partial charge in [0.05, 0.1) is 11.9 Å². The molecule has 1 rings (SSSR count). The molecule has 82 valence electrons.